The van der Waals surface area contributed by atoms with Crippen LogP contribution in [0.1, 0.15) is 60.9 Å². The fourth-order valence-corrected chi connectivity index (χ4v) is 5.44. The molecule has 7 heteroatoms. The Balaban J connectivity index is 1.56. The molecule has 6 rings (SSSR count). The van der Waals surface area contributed by atoms with E-state index in [4.69, 9.17) is 4.98 Å². The van der Waals surface area contributed by atoms with Crippen molar-refractivity contribution in [1.29, 1.82) is 0 Å². The average molecular weight is 477 g/mol. The van der Waals surface area contributed by atoms with Crippen molar-refractivity contribution in [2.75, 3.05) is 25.0 Å². The van der Waals surface area contributed by atoms with E-state index in [2.05, 4.69) is 50.3 Å². The third-order valence-corrected chi connectivity index (χ3v) is 7.26. The highest BCUT2D eigenvalue weighted by Crippen LogP contribution is 2.38. The van der Waals surface area contributed by atoms with Crippen LogP contribution in [0.2, 0.25) is 0 Å². The van der Waals surface area contributed by atoms with Crippen LogP contribution in [0.25, 0.3) is 27.8 Å². The van der Waals surface area contributed by atoms with Gasteiger partial charge in [-0.25, -0.2) is 15.0 Å². The van der Waals surface area contributed by atoms with Crippen molar-refractivity contribution in [2.24, 2.45) is 0 Å². The number of anilines is 1. The summed E-state index contributed by atoms with van der Waals surface area (Å²) in [6.45, 7) is 5.93. The molecule has 0 spiro atoms. The van der Waals surface area contributed by atoms with Gasteiger partial charge < -0.3 is 9.80 Å². The smallest absolute Gasteiger partial charge is 0.256 e. The van der Waals surface area contributed by atoms with Gasteiger partial charge in [0.25, 0.3) is 5.91 Å². The van der Waals surface area contributed by atoms with Crippen molar-refractivity contribution in [2.45, 2.75) is 39.2 Å². The summed E-state index contributed by atoms with van der Waals surface area (Å²) in [4.78, 5) is 31.9. The van der Waals surface area contributed by atoms with Gasteiger partial charge in [-0.1, -0.05) is 25.0 Å². The minimum absolute atomic E-state index is 0.0164. The first-order valence-electron chi connectivity index (χ1n) is 12.5. The van der Waals surface area contributed by atoms with E-state index in [1.165, 1.54) is 12.8 Å². The van der Waals surface area contributed by atoms with Crippen molar-refractivity contribution >= 4 is 22.9 Å². The largest absolute Gasteiger partial charge is 0.341 e. The zero-order valence-electron chi connectivity index (χ0n) is 20.8. The van der Waals surface area contributed by atoms with Crippen LogP contribution in [0.4, 0.5) is 5.95 Å². The van der Waals surface area contributed by atoms with Gasteiger partial charge in [-0.3, -0.25) is 9.36 Å². The molecule has 1 atom stereocenters. The maximum absolute atomic E-state index is 13.5. The lowest BCUT2D eigenvalue weighted by Crippen LogP contribution is -2.30. The summed E-state index contributed by atoms with van der Waals surface area (Å²) in [5, 5.41) is 0. The first-order valence-corrected chi connectivity index (χ1v) is 12.5. The van der Waals surface area contributed by atoms with Gasteiger partial charge in [-0.2, -0.15) is 0 Å². The highest BCUT2D eigenvalue weighted by molar-refractivity contribution is 6.01. The number of hydrogen-bond acceptors (Lipinski definition) is 5. The quantitative estimate of drug-likeness (QED) is 0.390. The van der Waals surface area contributed by atoms with Crippen molar-refractivity contribution in [3.8, 4) is 28.7 Å². The van der Waals surface area contributed by atoms with Gasteiger partial charge in [0, 0.05) is 43.7 Å². The number of carbonyl (C=O) groups excluding carboxylic acids is 1. The fraction of sp³-hybridized carbons (Fsp3) is 0.310. The summed E-state index contributed by atoms with van der Waals surface area (Å²) in [7, 11) is 1.86. The fourth-order valence-electron chi connectivity index (χ4n) is 5.44. The van der Waals surface area contributed by atoms with Crippen LogP contribution in [0.3, 0.4) is 0 Å². The third kappa shape index (κ3) is 3.44. The maximum Gasteiger partial charge on any atom is 0.256 e. The Hall–Kier alpha value is -4.18. The number of nitrogens with zero attached hydrogens (tertiary/aromatic N) is 6. The first-order chi connectivity index (χ1) is 17.6. The average Bonchev–Trinajstić information content (AvgIpc) is 3.55. The molecule has 2 aromatic carbocycles. The van der Waals surface area contributed by atoms with Crippen molar-refractivity contribution < 1.29 is 4.79 Å². The summed E-state index contributed by atoms with van der Waals surface area (Å²) < 4.78 is 2.14. The lowest BCUT2D eigenvalue weighted by molar-refractivity contribution is 0.0726. The van der Waals surface area contributed by atoms with Crippen LogP contribution in [0.15, 0.2) is 48.8 Å². The second-order valence-electron chi connectivity index (χ2n) is 9.39. The molecule has 0 aliphatic carbocycles. The summed E-state index contributed by atoms with van der Waals surface area (Å²) in [6.07, 6.45) is 6.94. The van der Waals surface area contributed by atoms with Crippen LogP contribution >= 0.6 is 0 Å². The van der Waals surface area contributed by atoms with E-state index in [0.717, 1.165) is 64.7 Å². The second-order valence-corrected chi connectivity index (χ2v) is 9.39. The number of rotatable bonds is 3. The van der Waals surface area contributed by atoms with Gasteiger partial charge in [0.1, 0.15) is 5.82 Å². The van der Waals surface area contributed by atoms with Gasteiger partial charge in [-0.15, -0.1) is 5.92 Å². The maximum atomic E-state index is 13.5. The molecule has 7 nitrogen and oxygen atoms in total. The van der Waals surface area contributed by atoms with Gasteiger partial charge in [0.2, 0.25) is 5.95 Å². The Morgan fingerprint density at radius 3 is 2.56 bits per heavy atom. The lowest BCUT2D eigenvalue weighted by Gasteiger charge is -2.24. The molecule has 0 saturated carbocycles. The van der Waals surface area contributed by atoms with Gasteiger partial charge in [0.15, 0.2) is 0 Å². The van der Waals surface area contributed by atoms with Gasteiger partial charge >= 0.3 is 0 Å². The number of carbonyl (C=O) groups is 1. The van der Waals surface area contributed by atoms with Crippen LogP contribution in [0, 0.1) is 11.8 Å². The molecule has 4 heterocycles. The molecule has 1 amide bonds. The number of benzene rings is 2. The predicted molar refractivity (Wildman–Crippen MR) is 141 cm³/mol. The molecule has 0 N–H and O–H groups in total. The number of hydrogen-bond donors (Lipinski definition) is 0. The molecular weight excluding hydrogens is 448 g/mol. The minimum Gasteiger partial charge on any atom is -0.341 e. The van der Waals surface area contributed by atoms with E-state index in [1.807, 2.05) is 50.6 Å². The molecule has 1 saturated heterocycles. The lowest BCUT2D eigenvalue weighted by atomic mass is 10.0. The van der Waals surface area contributed by atoms with E-state index in [0.29, 0.717) is 5.56 Å². The molecule has 4 aromatic rings. The zero-order valence-corrected chi connectivity index (χ0v) is 20.8. The summed E-state index contributed by atoms with van der Waals surface area (Å²) >= 11 is 0. The Kier molecular flexibility index (Phi) is 5.45. The van der Waals surface area contributed by atoms with Crippen molar-refractivity contribution in [1.82, 2.24) is 24.4 Å². The van der Waals surface area contributed by atoms with Crippen molar-refractivity contribution in [3.63, 3.8) is 0 Å². The molecule has 2 aliphatic heterocycles. The highest BCUT2D eigenvalue weighted by atomic mass is 16.2. The van der Waals surface area contributed by atoms with E-state index >= 15 is 0 Å². The molecule has 1 unspecified atom stereocenters. The molecule has 0 radical (unpaired) electrons. The number of fused-ring (bicyclic) bond motifs is 5. The van der Waals surface area contributed by atoms with Gasteiger partial charge in [0.05, 0.1) is 28.3 Å². The number of aromatic nitrogens is 4. The number of amides is 1. The summed E-state index contributed by atoms with van der Waals surface area (Å²) in [5.74, 6) is 7.85. The normalized spacial score (nSPS) is 17.0. The monoisotopic (exact) mass is 476 g/mol. The van der Waals surface area contributed by atoms with Crippen LogP contribution < -0.4 is 4.90 Å². The van der Waals surface area contributed by atoms with E-state index in [9.17, 15) is 4.79 Å². The Morgan fingerprint density at radius 1 is 1.06 bits per heavy atom. The van der Waals surface area contributed by atoms with Gasteiger partial charge in [-0.05, 0) is 56.0 Å². The third-order valence-electron chi connectivity index (χ3n) is 7.26. The SMILES string of the molecule is CC#Cc1cccc2c1-n1c(nc3ccc(-c4cnc(N5CCCC5)nc4)cc31)C(CC)N(C)C2=O. The zero-order chi connectivity index (χ0) is 24.8. The molecule has 1 fully saturated rings. The molecule has 2 aliphatic rings. The number of para-hydroxylation sites is 1. The van der Waals surface area contributed by atoms with E-state index < -0.39 is 0 Å². The Labute approximate surface area is 210 Å². The summed E-state index contributed by atoms with van der Waals surface area (Å²) in [5.41, 5.74) is 6.04. The van der Waals surface area contributed by atoms with Crippen LogP contribution in [0.5, 0.6) is 0 Å². The minimum atomic E-state index is -0.147. The first kappa shape index (κ1) is 22.3. The second kappa shape index (κ2) is 8.80. The molecule has 36 heavy (non-hydrogen) atoms. The number of imidazole rings is 1. The predicted octanol–water partition coefficient (Wildman–Crippen LogP) is 4.99. The molecule has 180 valence electrons. The Morgan fingerprint density at radius 2 is 1.83 bits per heavy atom. The van der Waals surface area contributed by atoms with E-state index in [-0.39, 0.29) is 11.9 Å². The van der Waals surface area contributed by atoms with E-state index in [1.54, 1.807) is 4.90 Å². The molecule has 0 bridgehead atoms. The highest BCUT2D eigenvalue weighted by Gasteiger charge is 2.34. The summed E-state index contributed by atoms with van der Waals surface area (Å²) in [6, 6.07) is 11.9. The topological polar surface area (TPSA) is 67.2 Å². The van der Waals surface area contributed by atoms with Crippen LogP contribution in [-0.4, -0.2) is 50.5 Å². The molecule has 2 aromatic heterocycles. The van der Waals surface area contributed by atoms with Crippen LogP contribution in [-0.2, 0) is 0 Å². The van der Waals surface area contributed by atoms with Crippen molar-refractivity contribution in [3.05, 3.63) is 65.7 Å². The molecular formula is C29H28N6O. The standard InChI is InChI=1S/C29H28N6O/c1-4-9-19-10-8-11-22-26(19)35-25-16-20(21-17-30-29(31-18-21)34-14-6-7-15-34)12-13-23(25)32-27(35)24(5-2)33(3)28(22)36/h8,10-13,16-18,24H,5-7,14-15H2,1-3H3. The Bertz CT molecular complexity index is 1540.